The predicted octanol–water partition coefficient (Wildman–Crippen LogP) is 2.68. The van der Waals surface area contributed by atoms with Crippen molar-refractivity contribution >= 4 is 11.8 Å². The van der Waals surface area contributed by atoms with Gasteiger partial charge in [0.15, 0.2) is 0 Å². The first-order chi connectivity index (χ1) is 7.04. The molecule has 0 spiro atoms. The molecule has 0 saturated heterocycles. The number of ether oxygens (including phenoxy) is 1. The summed E-state index contributed by atoms with van der Waals surface area (Å²) in [5.41, 5.74) is 2.62. The van der Waals surface area contributed by atoms with Crippen molar-refractivity contribution in [2.75, 3.05) is 6.61 Å². The lowest BCUT2D eigenvalue weighted by Gasteiger charge is -2.16. The fraction of sp³-hybridized carbons (Fsp3) is 0.455. The third-order valence-electron chi connectivity index (χ3n) is 1.91. The summed E-state index contributed by atoms with van der Waals surface area (Å²) in [6.45, 7) is 7.77. The predicted molar refractivity (Wildman–Crippen MR) is 59.5 cm³/mol. The molecule has 0 aromatic rings. The van der Waals surface area contributed by atoms with E-state index < -0.39 is 6.09 Å². The number of carbonyl (C=O) groups excluding carboxylic acids is 1. The van der Waals surface area contributed by atoms with E-state index in [1.54, 1.807) is 6.92 Å². The van der Waals surface area contributed by atoms with E-state index in [9.17, 15) is 4.79 Å². The minimum atomic E-state index is -0.436. The van der Waals surface area contributed by atoms with E-state index in [0.717, 1.165) is 17.0 Å². The van der Waals surface area contributed by atoms with Crippen molar-refractivity contribution in [3.63, 3.8) is 0 Å². The summed E-state index contributed by atoms with van der Waals surface area (Å²) in [4.78, 5) is 11.5. The van der Waals surface area contributed by atoms with E-state index in [4.69, 9.17) is 4.74 Å². The molecular formula is C11H16N2O2. The Labute approximate surface area is 89.9 Å². The van der Waals surface area contributed by atoms with Gasteiger partial charge in [0.2, 0.25) is 0 Å². The minimum absolute atomic E-state index is 0.351. The van der Waals surface area contributed by atoms with Crippen LogP contribution in [-0.2, 0) is 4.74 Å². The van der Waals surface area contributed by atoms with Gasteiger partial charge in [-0.3, -0.25) is 0 Å². The van der Waals surface area contributed by atoms with Gasteiger partial charge in [0.05, 0.1) is 12.3 Å². The first-order valence-corrected chi connectivity index (χ1v) is 4.93. The van der Waals surface area contributed by atoms with Crippen LogP contribution >= 0.6 is 0 Å². The Morgan fingerprint density at radius 2 is 2.07 bits per heavy atom. The Morgan fingerprint density at radius 1 is 1.40 bits per heavy atom. The molecule has 82 valence electrons. The number of amides is 1. The second kappa shape index (κ2) is 4.77. The topological polar surface area (TPSA) is 41.9 Å². The highest BCUT2D eigenvalue weighted by Crippen LogP contribution is 2.14. The largest absolute Gasteiger partial charge is 0.448 e. The van der Waals surface area contributed by atoms with Crippen LogP contribution in [0.25, 0.3) is 0 Å². The third-order valence-corrected chi connectivity index (χ3v) is 1.91. The monoisotopic (exact) mass is 208 g/mol. The molecule has 4 nitrogen and oxygen atoms in total. The Morgan fingerprint density at radius 3 is 2.67 bits per heavy atom. The maximum absolute atomic E-state index is 11.5. The SMILES string of the molecule is CCOC(=O)N1N=C(C)C=C(C)C=C1C. The molecule has 0 bridgehead atoms. The summed E-state index contributed by atoms with van der Waals surface area (Å²) in [7, 11) is 0. The van der Waals surface area contributed by atoms with Gasteiger partial charge in [-0.05, 0) is 45.4 Å². The van der Waals surface area contributed by atoms with E-state index in [-0.39, 0.29) is 0 Å². The van der Waals surface area contributed by atoms with Crippen LogP contribution in [-0.4, -0.2) is 23.4 Å². The van der Waals surface area contributed by atoms with Crippen LogP contribution in [0.3, 0.4) is 0 Å². The zero-order valence-electron chi connectivity index (χ0n) is 9.57. The van der Waals surface area contributed by atoms with Gasteiger partial charge in [-0.25, -0.2) is 4.79 Å². The fourth-order valence-corrected chi connectivity index (χ4v) is 1.40. The molecule has 0 N–H and O–H groups in total. The smallest absolute Gasteiger partial charge is 0.434 e. The van der Waals surface area contributed by atoms with E-state index in [0.29, 0.717) is 6.61 Å². The standard InChI is InChI=1S/C11H16N2O2/c1-5-15-11(14)13-10(4)7-8(2)6-9(3)12-13/h6-7H,5H2,1-4H3. The average Bonchev–Trinajstić information content (AvgIpc) is 2.24. The summed E-state index contributed by atoms with van der Waals surface area (Å²) in [6, 6.07) is 0. The third kappa shape index (κ3) is 2.94. The highest BCUT2D eigenvalue weighted by atomic mass is 16.6. The van der Waals surface area contributed by atoms with Gasteiger partial charge in [-0.1, -0.05) is 0 Å². The second-order valence-corrected chi connectivity index (χ2v) is 3.43. The molecule has 0 aromatic carbocycles. The highest BCUT2D eigenvalue weighted by Gasteiger charge is 2.17. The lowest BCUT2D eigenvalue weighted by Crippen LogP contribution is -2.25. The van der Waals surface area contributed by atoms with Crippen molar-refractivity contribution in [2.45, 2.75) is 27.7 Å². The lowest BCUT2D eigenvalue weighted by molar-refractivity contribution is 0.119. The van der Waals surface area contributed by atoms with Crippen molar-refractivity contribution in [1.82, 2.24) is 5.01 Å². The Balaban J connectivity index is 2.95. The Bertz CT molecular complexity index is 354. The Hall–Kier alpha value is -1.58. The molecule has 0 unspecified atom stereocenters. The van der Waals surface area contributed by atoms with Crippen LogP contribution in [0, 0.1) is 0 Å². The maximum Gasteiger partial charge on any atom is 0.434 e. The number of hydrogen-bond acceptors (Lipinski definition) is 3. The van der Waals surface area contributed by atoms with Gasteiger partial charge in [-0.2, -0.15) is 10.1 Å². The lowest BCUT2D eigenvalue weighted by atomic mass is 10.2. The average molecular weight is 208 g/mol. The van der Waals surface area contributed by atoms with Crippen LogP contribution in [0.15, 0.2) is 28.5 Å². The molecule has 1 amide bonds. The van der Waals surface area contributed by atoms with Crippen molar-refractivity contribution in [2.24, 2.45) is 5.10 Å². The molecule has 0 atom stereocenters. The summed E-state index contributed by atoms with van der Waals surface area (Å²) < 4.78 is 4.91. The van der Waals surface area contributed by atoms with Crippen LogP contribution in [0.5, 0.6) is 0 Å². The van der Waals surface area contributed by atoms with Gasteiger partial charge < -0.3 is 4.74 Å². The molecule has 1 aliphatic heterocycles. The Kier molecular flexibility index (Phi) is 3.66. The second-order valence-electron chi connectivity index (χ2n) is 3.43. The van der Waals surface area contributed by atoms with Gasteiger partial charge in [-0.15, -0.1) is 0 Å². The maximum atomic E-state index is 11.5. The molecule has 0 fully saturated rings. The van der Waals surface area contributed by atoms with Crippen LogP contribution in [0.4, 0.5) is 4.79 Å². The number of carbonyl (C=O) groups is 1. The molecular weight excluding hydrogens is 192 g/mol. The molecule has 1 aliphatic rings. The van der Waals surface area contributed by atoms with Crippen LogP contribution in [0.2, 0.25) is 0 Å². The molecule has 1 rings (SSSR count). The van der Waals surface area contributed by atoms with Gasteiger partial charge in [0, 0.05) is 5.70 Å². The number of hydrazone groups is 1. The van der Waals surface area contributed by atoms with Gasteiger partial charge in [0.1, 0.15) is 0 Å². The number of hydrogen-bond donors (Lipinski definition) is 0. The number of nitrogens with zero attached hydrogens (tertiary/aromatic N) is 2. The number of rotatable bonds is 1. The van der Waals surface area contributed by atoms with Crippen LogP contribution in [0.1, 0.15) is 27.7 Å². The molecule has 0 saturated carbocycles. The molecule has 0 aliphatic carbocycles. The molecule has 4 heteroatoms. The summed E-state index contributed by atoms with van der Waals surface area (Å²) in [6.07, 6.45) is 3.38. The summed E-state index contributed by atoms with van der Waals surface area (Å²) in [5, 5.41) is 5.44. The van der Waals surface area contributed by atoms with E-state index in [1.807, 2.05) is 32.9 Å². The van der Waals surface area contributed by atoms with Gasteiger partial charge in [0.25, 0.3) is 0 Å². The van der Waals surface area contributed by atoms with Crippen molar-refractivity contribution in [1.29, 1.82) is 0 Å². The summed E-state index contributed by atoms with van der Waals surface area (Å²) >= 11 is 0. The normalized spacial score (nSPS) is 16.3. The number of allylic oxidation sites excluding steroid dienone is 4. The van der Waals surface area contributed by atoms with E-state index in [2.05, 4.69) is 5.10 Å². The van der Waals surface area contributed by atoms with Crippen molar-refractivity contribution in [3.05, 3.63) is 23.4 Å². The zero-order valence-corrected chi connectivity index (χ0v) is 9.57. The highest BCUT2D eigenvalue weighted by molar-refractivity contribution is 5.94. The van der Waals surface area contributed by atoms with E-state index >= 15 is 0 Å². The van der Waals surface area contributed by atoms with E-state index in [1.165, 1.54) is 5.01 Å². The molecule has 0 radical (unpaired) electrons. The molecule has 0 aromatic heterocycles. The fourth-order valence-electron chi connectivity index (χ4n) is 1.40. The quantitative estimate of drug-likeness (QED) is 0.664. The minimum Gasteiger partial charge on any atom is -0.448 e. The first-order valence-electron chi connectivity index (χ1n) is 4.93. The van der Waals surface area contributed by atoms with Crippen LogP contribution < -0.4 is 0 Å². The molecule has 1 heterocycles. The van der Waals surface area contributed by atoms with Gasteiger partial charge >= 0.3 is 6.09 Å². The van der Waals surface area contributed by atoms with Crippen molar-refractivity contribution in [3.8, 4) is 0 Å². The van der Waals surface area contributed by atoms with Crippen molar-refractivity contribution < 1.29 is 9.53 Å². The zero-order chi connectivity index (χ0) is 11.4. The first kappa shape index (κ1) is 11.5. The molecule has 15 heavy (non-hydrogen) atoms. The summed E-state index contributed by atoms with van der Waals surface area (Å²) in [5.74, 6) is 0.